The molecule has 1 aromatic heterocycles. The molecule has 2 atom stereocenters. The predicted molar refractivity (Wildman–Crippen MR) is 79.3 cm³/mol. The lowest BCUT2D eigenvalue weighted by Crippen LogP contribution is -2.57. The standard InChI is InChI=1S/C15H19N5O/c1-11-8-16-9-12(2)19(11)15(21)14-10-17-20(18-14)13-6-4-3-5-7-13/h3-7,10-12,16H,8-9H2,1-2H3. The summed E-state index contributed by atoms with van der Waals surface area (Å²) in [5, 5.41) is 11.8. The highest BCUT2D eigenvalue weighted by Gasteiger charge is 2.31. The van der Waals surface area contributed by atoms with Crippen LogP contribution < -0.4 is 5.32 Å². The third-order valence-corrected chi connectivity index (χ3v) is 3.76. The molecule has 6 heteroatoms. The van der Waals surface area contributed by atoms with Gasteiger partial charge in [0.2, 0.25) is 0 Å². The van der Waals surface area contributed by atoms with Crippen LogP contribution in [0.15, 0.2) is 36.5 Å². The zero-order chi connectivity index (χ0) is 14.8. The molecule has 0 spiro atoms. The van der Waals surface area contributed by atoms with Gasteiger partial charge in [0.05, 0.1) is 11.9 Å². The molecular formula is C15H19N5O. The van der Waals surface area contributed by atoms with E-state index in [9.17, 15) is 4.79 Å². The molecule has 1 aliphatic rings. The van der Waals surface area contributed by atoms with Crippen LogP contribution in [-0.2, 0) is 0 Å². The highest BCUT2D eigenvalue weighted by molar-refractivity contribution is 5.92. The van der Waals surface area contributed by atoms with Crippen LogP contribution in [0, 0.1) is 0 Å². The van der Waals surface area contributed by atoms with E-state index in [1.54, 1.807) is 0 Å². The maximum absolute atomic E-state index is 12.6. The van der Waals surface area contributed by atoms with E-state index in [2.05, 4.69) is 15.5 Å². The lowest BCUT2D eigenvalue weighted by Gasteiger charge is -2.38. The summed E-state index contributed by atoms with van der Waals surface area (Å²) >= 11 is 0. The highest BCUT2D eigenvalue weighted by Crippen LogP contribution is 2.14. The normalized spacial score (nSPS) is 22.3. The SMILES string of the molecule is CC1CNCC(C)N1C(=O)c1cnn(-c2ccccc2)n1. The van der Waals surface area contributed by atoms with Gasteiger partial charge in [-0.1, -0.05) is 18.2 Å². The first-order valence-electron chi connectivity index (χ1n) is 7.18. The summed E-state index contributed by atoms with van der Waals surface area (Å²) in [6, 6.07) is 9.89. The predicted octanol–water partition coefficient (Wildman–Crippen LogP) is 1.09. The number of nitrogens with one attached hydrogen (secondary N) is 1. The van der Waals surface area contributed by atoms with Gasteiger partial charge in [0.25, 0.3) is 5.91 Å². The number of aromatic nitrogens is 3. The van der Waals surface area contributed by atoms with Crippen LogP contribution >= 0.6 is 0 Å². The number of carbonyl (C=O) groups excluding carboxylic acids is 1. The van der Waals surface area contributed by atoms with Crippen LogP contribution in [0.1, 0.15) is 24.3 Å². The van der Waals surface area contributed by atoms with E-state index in [0.29, 0.717) is 5.69 Å². The van der Waals surface area contributed by atoms with Crippen molar-refractivity contribution in [3.63, 3.8) is 0 Å². The van der Waals surface area contributed by atoms with Crippen molar-refractivity contribution in [2.45, 2.75) is 25.9 Å². The molecule has 2 aromatic rings. The molecule has 2 heterocycles. The minimum absolute atomic E-state index is 0.0568. The summed E-state index contributed by atoms with van der Waals surface area (Å²) < 4.78 is 0. The van der Waals surface area contributed by atoms with E-state index in [1.165, 1.54) is 11.0 Å². The fourth-order valence-corrected chi connectivity index (χ4v) is 2.71. The Balaban J connectivity index is 1.84. The lowest BCUT2D eigenvalue weighted by atomic mass is 10.1. The number of para-hydroxylation sites is 1. The average molecular weight is 285 g/mol. The van der Waals surface area contributed by atoms with Crippen molar-refractivity contribution in [1.82, 2.24) is 25.2 Å². The zero-order valence-electron chi connectivity index (χ0n) is 12.2. The Labute approximate surface area is 123 Å². The molecule has 1 amide bonds. The van der Waals surface area contributed by atoms with E-state index >= 15 is 0 Å². The van der Waals surface area contributed by atoms with Crippen molar-refractivity contribution in [2.24, 2.45) is 0 Å². The molecule has 2 unspecified atom stereocenters. The number of carbonyl (C=O) groups is 1. The zero-order valence-corrected chi connectivity index (χ0v) is 12.2. The van der Waals surface area contributed by atoms with Gasteiger partial charge in [-0.25, -0.2) is 0 Å². The largest absolute Gasteiger partial charge is 0.329 e. The maximum atomic E-state index is 12.6. The summed E-state index contributed by atoms with van der Waals surface area (Å²) in [7, 11) is 0. The molecule has 1 fully saturated rings. The van der Waals surface area contributed by atoms with Crippen molar-refractivity contribution in [2.75, 3.05) is 13.1 Å². The molecule has 110 valence electrons. The quantitative estimate of drug-likeness (QED) is 0.897. The summed E-state index contributed by atoms with van der Waals surface area (Å²) in [5.41, 5.74) is 1.23. The van der Waals surface area contributed by atoms with E-state index in [4.69, 9.17) is 0 Å². The van der Waals surface area contributed by atoms with E-state index < -0.39 is 0 Å². The minimum Gasteiger partial charge on any atom is -0.329 e. The molecule has 0 bridgehead atoms. The molecule has 0 radical (unpaired) electrons. The van der Waals surface area contributed by atoms with Crippen LogP contribution in [0.2, 0.25) is 0 Å². The number of rotatable bonds is 2. The molecule has 1 aromatic carbocycles. The van der Waals surface area contributed by atoms with Crippen LogP contribution in [0.5, 0.6) is 0 Å². The van der Waals surface area contributed by atoms with Crippen LogP contribution in [0.4, 0.5) is 0 Å². The van der Waals surface area contributed by atoms with Crippen LogP contribution in [-0.4, -0.2) is 51.0 Å². The highest BCUT2D eigenvalue weighted by atomic mass is 16.2. The summed E-state index contributed by atoms with van der Waals surface area (Å²) in [5.74, 6) is -0.0568. The summed E-state index contributed by atoms with van der Waals surface area (Å²) in [6.45, 7) is 5.70. The molecule has 0 saturated carbocycles. The molecule has 1 saturated heterocycles. The minimum atomic E-state index is -0.0568. The van der Waals surface area contributed by atoms with Gasteiger partial charge in [-0.2, -0.15) is 9.90 Å². The monoisotopic (exact) mass is 285 g/mol. The topological polar surface area (TPSA) is 63.1 Å². The number of nitrogens with zero attached hydrogens (tertiary/aromatic N) is 4. The van der Waals surface area contributed by atoms with Gasteiger partial charge in [-0.15, -0.1) is 5.10 Å². The van der Waals surface area contributed by atoms with E-state index in [-0.39, 0.29) is 18.0 Å². The Morgan fingerprint density at radius 3 is 2.52 bits per heavy atom. The van der Waals surface area contributed by atoms with Crippen molar-refractivity contribution < 1.29 is 4.79 Å². The van der Waals surface area contributed by atoms with Gasteiger partial charge in [-0.3, -0.25) is 4.79 Å². The summed E-state index contributed by atoms with van der Waals surface area (Å²) in [4.78, 5) is 16.0. The maximum Gasteiger partial charge on any atom is 0.276 e. The first-order valence-corrected chi connectivity index (χ1v) is 7.18. The van der Waals surface area contributed by atoms with Gasteiger partial charge in [0, 0.05) is 25.2 Å². The number of amides is 1. The fourth-order valence-electron chi connectivity index (χ4n) is 2.71. The Morgan fingerprint density at radius 2 is 1.86 bits per heavy atom. The Bertz CT molecular complexity index is 614. The molecule has 0 aliphatic carbocycles. The second-order valence-corrected chi connectivity index (χ2v) is 5.42. The molecule has 21 heavy (non-hydrogen) atoms. The van der Waals surface area contributed by atoms with Crippen molar-refractivity contribution >= 4 is 5.91 Å². The van der Waals surface area contributed by atoms with Crippen LogP contribution in [0.25, 0.3) is 5.69 Å². The third kappa shape index (κ3) is 2.67. The van der Waals surface area contributed by atoms with E-state index in [1.807, 2.05) is 49.1 Å². The van der Waals surface area contributed by atoms with Crippen molar-refractivity contribution in [3.8, 4) is 5.69 Å². The molecule has 1 aliphatic heterocycles. The van der Waals surface area contributed by atoms with Crippen LogP contribution in [0.3, 0.4) is 0 Å². The average Bonchev–Trinajstić information content (AvgIpc) is 2.97. The number of hydrogen-bond donors (Lipinski definition) is 1. The second kappa shape index (κ2) is 5.65. The van der Waals surface area contributed by atoms with Crippen molar-refractivity contribution in [3.05, 3.63) is 42.2 Å². The lowest BCUT2D eigenvalue weighted by molar-refractivity contribution is 0.0538. The fraction of sp³-hybridized carbons (Fsp3) is 0.400. The Hall–Kier alpha value is -2.21. The smallest absolute Gasteiger partial charge is 0.276 e. The van der Waals surface area contributed by atoms with Gasteiger partial charge in [0.1, 0.15) is 0 Å². The second-order valence-electron chi connectivity index (χ2n) is 5.42. The van der Waals surface area contributed by atoms with Gasteiger partial charge in [0.15, 0.2) is 5.69 Å². The Kier molecular flexibility index (Phi) is 3.70. The summed E-state index contributed by atoms with van der Waals surface area (Å²) in [6.07, 6.45) is 1.54. The van der Waals surface area contributed by atoms with Gasteiger partial charge >= 0.3 is 0 Å². The van der Waals surface area contributed by atoms with Gasteiger partial charge in [-0.05, 0) is 26.0 Å². The van der Waals surface area contributed by atoms with Crippen molar-refractivity contribution in [1.29, 1.82) is 0 Å². The number of piperazine rings is 1. The van der Waals surface area contributed by atoms with Gasteiger partial charge < -0.3 is 10.2 Å². The Morgan fingerprint density at radius 1 is 1.19 bits per heavy atom. The molecule has 6 nitrogen and oxygen atoms in total. The van der Waals surface area contributed by atoms with E-state index in [0.717, 1.165) is 18.8 Å². The first-order chi connectivity index (χ1) is 10.2. The number of benzene rings is 1. The molecular weight excluding hydrogens is 266 g/mol. The first kappa shape index (κ1) is 13.8. The molecule has 1 N–H and O–H groups in total. The number of hydrogen-bond acceptors (Lipinski definition) is 4. The molecule has 3 rings (SSSR count). The third-order valence-electron chi connectivity index (χ3n) is 3.76.